The molecule has 2 aromatic carbocycles. The minimum atomic E-state index is -4.87. The molecule has 0 aliphatic rings. The molecule has 0 N–H and O–H groups in total. The van der Waals surface area contributed by atoms with Crippen molar-refractivity contribution >= 4 is 5.97 Å². The van der Waals surface area contributed by atoms with Gasteiger partial charge in [0.1, 0.15) is 11.3 Å². The van der Waals surface area contributed by atoms with Crippen molar-refractivity contribution in [3.05, 3.63) is 64.7 Å². The fraction of sp³-hybridized carbons (Fsp3) is 0.278. The molecule has 24 heavy (non-hydrogen) atoms. The van der Waals surface area contributed by atoms with Gasteiger partial charge in [0.05, 0.1) is 6.61 Å². The van der Waals surface area contributed by atoms with Crippen molar-refractivity contribution in [2.45, 2.75) is 26.6 Å². The van der Waals surface area contributed by atoms with Crippen LogP contribution in [0.25, 0.3) is 0 Å². The number of rotatable bonds is 5. The first-order valence-corrected chi connectivity index (χ1v) is 7.34. The summed E-state index contributed by atoms with van der Waals surface area (Å²) in [6.45, 7) is 4.01. The van der Waals surface area contributed by atoms with Crippen LogP contribution in [0.1, 0.15) is 27.0 Å². The highest BCUT2D eigenvalue weighted by Gasteiger charge is 2.33. The molecule has 0 spiro atoms. The lowest BCUT2D eigenvalue weighted by Gasteiger charge is -2.13. The number of carbonyl (C=O) groups is 1. The highest BCUT2D eigenvalue weighted by molar-refractivity contribution is 5.92. The molecule has 0 bridgehead atoms. The molecule has 0 fully saturated rings. The first-order chi connectivity index (χ1) is 11.3. The van der Waals surface area contributed by atoms with Crippen LogP contribution in [0.3, 0.4) is 0 Å². The number of esters is 1. The number of alkyl halides is 3. The van der Waals surface area contributed by atoms with Gasteiger partial charge in [-0.1, -0.05) is 35.9 Å². The zero-order valence-electron chi connectivity index (χ0n) is 13.3. The van der Waals surface area contributed by atoms with E-state index >= 15 is 0 Å². The van der Waals surface area contributed by atoms with Crippen LogP contribution in [0, 0.1) is 13.8 Å². The van der Waals surface area contributed by atoms with Crippen molar-refractivity contribution in [1.82, 2.24) is 0 Å². The third-order valence-electron chi connectivity index (χ3n) is 3.44. The Labute approximate surface area is 138 Å². The number of ether oxygens (including phenoxy) is 2. The van der Waals surface area contributed by atoms with Crippen LogP contribution in [-0.2, 0) is 11.2 Å². The van der Waals surface area contributed by atoms with Gasteiger partial charge in [0.15, 0.2) is 0 Å². The van der Waals surface area contributed by atoms with Gasteiger partial charge in [0.2, 0.25) is 0 Å². The standard InChI is InChI=1S/C18H17F3O3/c1-12-7-8-14(13(2)11-12)9-10-23-17(22)15-5-3-4-6-16(15)24-18(19,20)21/h3-8,11H,9-10H2,1-2H3. The largest absolute Gasteiger partial charge is 0.573 e. The summed E-state index contributed by atoms with van der Waals surface area (Å²) < 4.78 is 46.0. The Hall–Kier alpha value is -2.50. The number of halogens is 3. The molecular weight excluding hydrogens is 321 g/mol. The second kappa shape index (κ2) is 7.38. The van der Waals surface area contributed by atoms with Crippen LogP contribution in [0.4, 0.5) is 13.2 Å². The summed E-state index contributed by atoms with van der Waals surface area (Å²) in [4.78, 5) is 12.0. The zero-order chi connectivity index (χ0) is 17.7. The van der Waals surface area contributed by atoms with Crippen molar-refractivity contribution in [3.63, 3.8) is 0 Å². The molecule has 0 aliphatic heterocycles. The van der Waals surface area contributed by atoms with E-state index in [2.05, 4.69) is 4.74 Å². The molecule has 0 radical (unpaired) electrons. The van der Waals surface area contributed by atoms with Crippen LogP contribution in [0.15, 0.2) is 42.5 Å². The minimum Gasteiger partial charge on any atom is -0.462 e. The van der Waals surface area contributed by atoms with E-state index < -0.39 is 18.1 Å². The predicted molar refractivity (Wildman–Crippen MR) is 83.0 cm³/mol. The Morgan fingerprint density at radius 1 is 1.08 bits per heavy atom. The third-order valence-corrected chi connectivity index (χ3v) is 3.44. The van der Waals surface area contributed by atoms with E-state index in [0.717, 1.165) is 22.8 Å². The van der Waals surface area contributed by atoms with Crippen LogP contribution < -0.4 is 4.74 Å². The Bertz CT molecular complexity index is 724. The number of benzene rings is 2. The summed E-state index contributed by atoms with van der Waals surface area (Å²) in [5, 5.41) is 0. The lowest BCUT2D eigenvalue weighted by Crippen LogP contribution is -2.19. The van der Waals surface area contributed by atoms with E-state index in [1.807, 2.05) is 32.0 Å². The van der Waals surface area contributed by atoms with E-state index in [4.69, 9.17) is 4.74 Å². The monoisotopic (exact) mass is 338 g/mol. The van der Waals surface area contributed by atoms with Gasteiger partial charge in [-0.2, -0.15) is 0 Å². The summed E-state index contributed by atoms with van der Waals surface area (Å²) in [6, 6.07) is 11.0. The normalized spacial score (nSPS) is 11.2. The van der Waals surface area contributed by atoms with Crippen LogP contribution in [-0.4, -0.2) is 18.9 Å². The third kappa shape index (κ3) is 5.01. The molecule has 0 heterocycles. The van der Waals surface area contributed by atoms with Crippen LogP contribution >= 0.6 is 0 Å². The highest BCUT2D eigenvalue weighted by atomic mass is 19.4. The maximum absolute atomic E-state index is 12.4. The van der Waals surface area contributed by atoms with E-state index in [9.17, 15) is 18.0 Å². The molecule has 0 atom stereocenters. The first kappa shape index (κ1) is 17.8. The number of aryl methyl sites for hydroxylation is 2. The SMILES string of the molecule is Cc1ccc(CCOC(=O)c2ccccc2OC(F)(F)F)c(C)c1. The number of hydrogen-bond donors (Lipinski definition) is 0. The second-order valence-corrected chi connectivity index (χ2v) is 5.36. The topological polar surface area (TPSA) is 35.5 Å². The van der Waals surface area contributed by atoms with Gasteiger partial charge in [-0.15, -0.1) is 13.2 Å². The fourth-order valence-corrected chi connectivity index (χ4v) is 2.31. The lowest BCUT2D eigenvalue weighted by molar-refractivity contribution is -0.274. The van der Waals surface area contributed by atoms with Gasteiger partial charge in [-0.05, 0) is 37.1 Å². The van der Waals surface area contributed by atoms with Crippen molar-refractivity contribution < 1.29 is 27.4 Å². The van der Waals surface area contributed by atoms with Crippen molar-refractivity contribution in [1.29, 1.82) is 0 Å². The summed E-state index contributed by atoms with van der Waals surface area (Å²) in [7, 11) is 0. The molecule has 2 rings (SSSR count). The minimum absolute atomic E-state index is 0.0725. The van der Waals surface area contributed by atoms with Crippen molar-refractivity contribution in [2.24, 2.45) is 0 Å². The van der Waals surface area contributed by atoms with Gasteiger partial charge in [-0.25, -0.2) is 4.79 Å². The van der Waals surface area contributed by atoms with Gasteiger partial charge < -0.3 is 9.47 Å². The van der Waals surface area contributed by atoms with E-state index in [1.165, 1.54) is 18.2 Å². The molecule has 0 aliphatic carbocycles. The molecule has 2 aromatic rings. The average Bonchev–Trinajstić information content (AvgIpc) is 2.48. The molecule has 0 saturated carbocycles. The molecule has 0 amide bonds. The molecule has 6 heteroatoms. The summed E-state index contributed by atoms with van der Waals surface area (Å²) in [6.07, 6.45) is -4.38. The highest BCUT2D eigenvalue weighted by Crippen LogP contribution is 2.26. The average molecular weight is 338 g/mol. The molecule has 0 unspecified atom stereocenters. The van der Waals surface area contributed by atoms with Gasteiger partial charge in [0.25, 0.3) is 0 Å². The van der Waals surface area contributed by atoms with Crippen LogP contribution in [0.5, 0.6) is 5.75 Å². The van der Waals surface area contributed by atoms with E-state index in [1.54, 1.807) is 0 Å². The summed E-state index contributed by atoms with van der Waals surface area (Å²) in [5.41, 5.74) is 2.97. The van der Waals surface area contributed by atoms with Crippen molar-refractivity contribution in [2.75, 3.05) is 6.61 Å². The number of hydrogen-bond acceptors (Lipinski definition) is 3. The molecular formula is C18H17F3O3. The van der Waals surface area contributed by atoms with E-state index in [0.29, 0.717) is 6.42 Å². The van der Waals surface area contributed by atoms with Crippen molar-refractivity contribution in [3.8, 4) is 5.75 Å². The van der Waals surface area contributed by atoms with Gasteiger partial charge in [-0.3, -0.25) is 0 Å². The Morgan fingerprint density at radius 2 is 1.79 bits per heavy atom. The van der Waals surface area contributed by atoms with Gasteiger partial charge in [0, 0.05) is 6.42 Å². The Kier molecular flexibility index (Phi) is 5.49. The summed E-state index contributed by atoms with van der Waals surface area (Å²) in [5.74, 6) is -1.42. The van der Waals surface area contributed by atoms with Gasteiger partial charge >= 0.3 is 12.3 Å². The fourth-order valence-electron chi connectivity index (χ4n) is 2.31. The maximum atomic E-state index is 12.4. The summed E-state index contributed by atoms with van der Waals surface area (Å²) >= 11 is 0. The molecule has 3 nitrogen and oxygen atoms in total. The maximum Gasteiger partial charge on any atom is 0.573 e. The molecule has 128 valence electrons. The zero-order valence-corrected chi connectivity index (χ0v) is 13.3. The van der Waals surface area contributed by atoms with Crippen LogP contribution in [0.2, 0.25) is 0 Å². The second-order valence-electron chi connectivity index (χ2n) is 5.36. The molecule has 0 saturated heterocycles. The number of carbonyl (C=O) groups excluding carboxylic acids is 1. The first-order valence-electron chi connectivity index (χ1n) is 7.34. The Balaban J connectivity index is 2.00. The Morgan fingerprint density at radius 3 is 2.46 bits per heavy atom. The predicted octanol–water partition coefficient (Wildman–Crippen LogP) is 4.60. The lowest BCUT2D eigenvalue weighted by atomic mass is 10.0. The number of para-hydroxylation sites is 1. The quantitative estimate of drug-likeness (QED) is 0.747. The molecule has 0 aromatic heterocycles. The van der Waals surface area contributed by atoms with E-state index in [-0.39, 0.29) is 12.2 Å². The smallest absolute Gasteiger partial charge is 0.462 e.